The van der Waals surface area contributed by atoms with E-state index in [-0.39, 0.29) is 11.2 Å². The normalized spacial score (nSPS) is 19.2. The lowest BCUT2D eigenvalue weighted by atomic mass is 9.70. The summed E-state index contributed by atoms with van der Waals surface area (Å²) in [4.78, 5) is 0. The Balaban J connectivity index is 2.20. The van der Waals surface area contributed by atoms with Crippen molar-refractivity contribution >= 4 is 15.9 Å². The van der Waals surface area contributed by atoms with Crippen LogP contribution in [-0.4, -0.2) is 6.54 Å². The lowest BCUT2D eigenvalue weighted by molar-refractivity contribution is 0.197. The molecule has 0 aromatic heterocycles. The molecule has 0 saturated heterocycles. The van der Waals surface area contributed by atoms with Crippen molar-refractivity contribution in [2.45, 2.75) is 38.5 Å². The first-order chi connectivity index (χ1) is 8.15. The quantitative estimate of drug-likeness (QED) is 0.895. The van der Waals surface area contributed by atoms with Crippen LogP contribution in [0.5, 0.6) is 0 Å². The first-order valence-corrected chi connectivity index (χ1v) is 7.09. The maximum Gasteiger partial charge on any atom is 0.123 e. The Kier molecular flexibility index (Phi) is 4.21. The standard InChI is InChI=1S/C14H19BrFN/c15-13-5-4-12(16)8-11(13)9-14(10-17)6-2-1-3-7-14/h4-5,8H,1-3,6-7,9-10,17H2. The van der Waals surface area contributed by atoms with Crippen LogP contribution in [0.15, 0.2) is 22.7 Å². The van der Waals surface area contributed by atoms with Gasteiger partial charge < -0.3 is 5.73 Å². The lowest BCUT2D eigenvalue weighted by Gasteiger charge is -2.36. The van der Waals surface area contributed by atoms with Crippen LogP contribution in [0.4, 0.5) is 4.39 Å². The van der Waals surface area contributed by atoms with Crippen LogP contribution in [0.2, 0.25) is 0 Å². The fraction of sp³-hybridized carbons (Fsp3) is 0.571. The van der Waals surface area contributed by atoms with Gasteiger partial charge in [-0.15, -0.1) is 0 Å². The Bertz CT molecular complexity index is 386. The van der Waals surface area contributed by atoms with Gasteiger partial charge in [0.25, 0.3) is 0 Å². The molecule has 0 spiro atoms. The van der Waals surface area contributed by atoms with E-state index in [2.05, 4.69) is 15.9 Å². The highest BCUT2D eigenvalue weighted by molar-refractivity contribution is 9.10. The van der Waals surface area contributed by atoms with Crippen LogP contribution in [0, 0.1) is 11.2 Å². The third kappa shape index (κ3) is 3.08. The van der Waals surface area contributed by atoms with E-state index in [4.69, 9.17) is 5.73 Å². The second-order valence-corrected chi connectivity index (χ2v) is 6.03. The van der Waals surface area contributed by atoms with Gasteiger partial charge in [-0.2, -0.15) is 0 Å². The summed E-state index contributed by atoms with van der Waals surface area (Å²) in [6.45, 7) is 0.704. The number of benzene rings is 1. The van der Waals surface area contributed by atoms with E-state index in [1.807, 2.05) is 0 Å². The van der Waals surface area contributed by atoms with Gasteiger partial charge in [-0.3, -0.25) is 0 Å². The van der Waals surface area contributed by atoms with Gasteiger partial charge in [0.05, 0.1) is 0 Å². The second kappa shape index (κ2) is 5.49. The zero-order chi connectivity index (χ0) is 12.3. The number of nitrogens with two attached hydrogens (primary N) is 1. The van der Waals surface area contributed by atoms with Crippen molar-refractivity contribution in [2.75, 3.05) is 6.54 Å². The maximum atomic E-state index is 13.3. The molecule has 1 nitrogen and oxygen atoms in total. The topological polar surface area (TPSA) is 26.0 Å². The molecule has 0 heterocycles. The van der Waals surface area contributed by atoms with Crippen molar-refractivity contribution in [2.24, 2.45) is 11.1 Å². The van der Waals surface area contributed by atoms with E-state index < -0.39 is 0 Å². The molecule has 3 heteroatoms. The molecule has 2 N–H and O–H groups in total. The van der Waals surface area contributed by atoms with Crippen LogP contribution in [0.3, 0.4) is 0 Å². The summed E-state index contributed by atoms with van der Waals surface area (Å²) in [5.74, 6) is -0.161. The first kappa shape index (κ1) is 13.0. The van der Waals surface area contributed by atoms with E-state index in [9.17, 15) is 4.39 Å². The van der Waals surface area contributed by atoms with Crippen LogP contribution in [0.25, 0.3) is 0 Å². The van der Waals surface area contributed by atoms with Crippen LogP contribution in [-0.2, 0) is 6.42 Å². The highest BCUT2D eigenvalue weighted by atomic mass is 79.9. The van der Waals surface area contributed by atoms with Crippen LogP contribution >= 0.6 is 15.9 Å². The van der Waals surface area contributed by atoms with Crippen molar-refractivity contribution in [3.8, 4) is 0 Å². The molecule has 0 radical (unpaired) electrons. The SMILES string of the molecule is NCC1(Cc2cc(F)ccc2Br)CCCCC1. The molecule has 0 aliphatic heterocycles. The Hall–Kier alpha value is -0.410. The van der Waals surface area contributed by atoms with Crippen LogP contribution in [0.1, 0.15) is 37.7 Å². The van der Waals surface area contributed by atoms with Crippen molar-refractivity contribution in [3.05, 3.63) is 34.1 Å². The van der Waals surface area contributed by atoms with E-state index in [0.717, 1.165) is 16.5 Å². The summed E-state index contributed by atoms with van der Waals surface area (Å²) in [6.07, 6.45) is 7.06. The minimum atomic E-state index is -0.161. The Labute approximate surface area is 111 Å². The average molecular weight is 300 g/mol. The molecule has 0 bridgehead atoms. The Morgan fingerprint density at radius 2 is 1.94 bits per heavy atom. The third-order valence-corrected chi connectivity index (χ3v) is 4.69. The molecule has 2 rings (SSSR count). The summed E-state index contributed by atoms with van der Waals surface area (Å²) < 4.78 is 14.3. The summed E-state index contributed by atoms with van der Waals surface area (Å²) >= 11 is 3.50. The van der Waals surface area contributed by atoms with E-state index >= 15 is 0 Å². The van der Waals surface area contributed by atoms with Gasteiger partial charge in [-0.05, 0) is 55.0 Å². The van der Waals surface area contributed by atoms with Crippen molar-refractivity contribution < 1.29 is 4.39 Å². The number of halogens is 2. The van der Waals surface area contributed by atoms with E-state index in [1.165, 1.54) is 38.2 Å². The molecular weight excluding hydrogens is 281 g/mol. The predicted octanol–water partition coefficient (Wildman–Crippen LogP) is 4.04. The highest BCUT2D eigenvalue weighted by Crippen LogP contribution is 2.39. The molecule has 1 fully saturated rings. The van der Waals surface area contributed by atoms with Gasteiger partial charge in [0.15, 0.2) is 0 Å². The minimum Gasteiger partial charge on any atom is -0.330 e. The van der Waals surface area contributed by atoms with Crippen molar-refractivity contribution in [1.82, 2.24) is 0 Å². The van der Waals surface area contributed by atoms with Crippen molar-refractivity contribution in [3.63, 3.8) is 0 Å². The second-order valence-electron chi connectivity index (χ2n) is 5.18. The minimum absolute atomic E-state index is 0.161. The molecule has 0 unspecified atom stereocenters. The smallest absolute Gasteiger partial charge is 0.123 e. The number of rotatable bonds is 3. The van der Waals surface area contributed by atoms with E-state index in [0.29, 0.717) is 6.54 Å². The summed E-state index contributed by atoms with van der Waals surface area (Å²) in [7, 11) is 0. The summed E-state index contributed by atoms with van der Waals surface area (Å²) in [5.41, 5.74) is 7.21. The molecule has 1 aromatic carbocycles. The largest absolute Gasteiger partial charge is 0.330 e. The van der Waals surface area contributed by atoms with Gasteiger partial charge in [0.2, 0.25) is 0 Å². The lowest BCUT2D eigenvalue weighted by Crippen LogP contribution is -2.35. The van der Waals surface area contributed by atoms with Gasteiger partial charge in [0.1, 0.15) is 5.82 Å². The van der Waals surface area contributed by atoms with Gasteiger partial charge in [-0.25, -0.2) is 4.39 Å². The molecule has 1 aromatic rings. The monoisotopic (exact) mass is 299 g/mol. The average Bonchev–Trinajstić information content (AvgIpc) is 2.35. The molecule has 94 valence electrons. The zero-order valence-corrected chi connectivity index (χ0v) is 11.6. The van der Waals surface area contributed by atoms with Crippen LogP contribution < -0.4 is 5.73 Å². The molecule has 1 aliphatic carbocycles. The highest BCUT2D eigenvalue weighted by Gasteiger charge is 2.31. The van der Waals surface area contributed by atoms with E-state index in [1.54, 1.807) is 12.1 Å². The predicted molar refractivity (Wildman–Crippen MR) is 72.4 cm³/mol. The first-order valence-electron chi connectivity index (χ1n) is 6.29. The molecule has 17 heavy (non-hydrogen) atoms. The molecule has 1 saturated carbocycles. The van der Waals surface area contributed by atoms with Gasteiger partial charge in [0, 0.05) is 4.47 Å². The molecule has 0 atom stereocenters. The maximum absolute atomic E-state index is 13.3. The Morgan fingerprint density at radius 3 is 2.59 bits per heavy atom. The fourth-order valence-corrected chi connectivity index (χ4v) is 3.22. The fourth-order valence-electron chi connectivity index (χ4n) is 2.84. The van der Waals surface area contributed by atoms with Crippen molar-refractivity contribution in [1.29, 1.82) is 0 Å². The molecule has 1 aliphatic rings. The third-order valence-electron chi connectivity index (χ3n) is 3.92. The zero-order valence-electron chi connectivity index (χ0n) is 10.0. The molecular formula is C14H19BrFN. The van der Waals surface area contributed by atoms with Gasteiger partial charge in [-0.1, -0.05) is 35.2 Å². The Morgan fingerprint density at radius 1 is 1.24 bits per heavy atom. The van der Waals surface area contributed by atoms with Gasteiger partial charge >= 0.3 is 0 Å². The summed E-state index contributed by atoms with van der Waals surface area (Å²) in [5, 5.41) is 0. The number of hydrogen-bond acceptors (Lipinski definition) is 1. The molecule has 0 amide bonds. The summed E-state index contributed by atoms with van der Waals surface area (Å²) in [6, 6.07) is 4.91. The number of hydrogen-bond donors (Lipinski definition) is 1.